The maximum atomic E-state index is 12.8. The first-order valence-electron chi connectivity index (χ1n) is 10.2. The van der Waals surface area contributed by atoms with Crippen LogP contribution in [0.2, 0.25) is 0 Å². The van der Waals surface area contributed by atoms with Gasteiger partial charge in [0.25, 0.3) is 5.91 Å². The number of carbonyl (C=O) groups is 2. The van der Waals surface area contributed by atoms with E-state index in [1.807, 2.05) is 30.3 Å². The lowest BCUT2D eigenvalue weighted by Crippen LogP contribution is -2.38. The number of rotatable bonds is 9. The topological polar surface area (TPSA) is 64.6 Å². The summed E-state index contributed by atoms with van der Waals surface area (Å²) in [5, 5.41) is 4.64. The van der Waals surface area contributed by atoms with Crippen LogP contribution in [0.25, 0.3) is 11.1 Å². The zero-order valence-corrected chi connectivity index (χ0v) is 18.5. The minimum atomic E-state index is -4.75. The molecule has 0 aliphatic heterocycles. The van der Waals surface area contributed by atoms with Crippen LogP contribution in [0, 0.1) is 0 Å². The number of carbonyl (C=O) groups excluding carboxylic acids is 2. The number of hydrogen-bond acceptors (Lipinski definition) is 5. The van der Waals surface area contributed by atoms with E-state index in [9.17, 15) is 22.8 Å². The molecule has 0 spiro atoms. The van der Waals surface area contributed by atoms with Crippen molar-refractivity contribution in [3.05, 3.63) is 76.5 Å². The largest absolute Gasteiger partial charge is 0.573 e. The summed E-state index contributed by atoms with van der Waals surface area (Å²) in [4.78, 5) is 25.3. The molecule has 0 aliphatic rings. The van der Waals surface area contributed by atoms with Gasteiger partial charge in [-0.1, -0.05) is 42.5 Å². The van der Waals surface area contributed by atoms with Crippen LogP contribution < -0.4 is 10.1 Å². The van der Waals surface area contributed by atoms with E-state index < -0.39 is 18.4 Å². The highest BCUT2D eigenvalue weighted by Crippen LogP contribution is 2.29. The second kappa shape index (κ2) is 11.0. The molecule has 1 heterocycles. The summed E-state index contributed by atoms with van der Waals surface area (Å²) in [5.41, 5.74) is 2.31. The van der Waals surface area contributed by atoms with Gasteiger partial charge in [0, 0.05) is 6.04 Å². The van der Waals surface area contributed by atoms with E-state index in [0.29, 0.717) is 22.4 Å². The average Bonchev–Trinajstić information content (AvgIpc) is 3.24. The molecule has 174 valence electrons. The third-order valence-electron chi connectivity index (χ3n) is 4.62. The fourth-order valence-electron chi connectivity index (χ4n) is 3.21. The molecule has 1 N–H and O–H groups in total. The van der Waals surface area contributed by atoms with Gasteiger partial charge in [-0.25, -0.2) is 0 Å². The summed E-state index contributed by atoms with van der Waals surface area (Å²) >= 11 is 1.20. The highest BCUT2D eigenvalue weighted by Gasteiger charge is 2.31. The number of halogens is 3. The van der Waals surface area contributed by atoms with Gasteiger partial charge >= 0.3 is 12.3 Å². The van der Waals surface area contributed by atoms with E-state index in [1.54, 1.807) is 18.4 Å². The van der Waals surface area contributed by atoms with Crippen LogP contribution in [-0.2, 0) is 16.0 Å². The van der Waals surface area contributed by atoms with E-state index in [0.717, 1.165) is 5.56 Å². The molecule has 9 heteroatoms. The number of thiophene rings is 1. The summed E-state index contributed by atoms with van der Waals surface area (Å²) in [5.74, 6) is -1.05. The molecule has 0 saturated carbocycles. The number of benzene rings is 2. The fraction of sp³-hybridized carbons (Fsp3) is 0.250. The highest BCUT2D eigenvalue weighted by atomic mass is 32.1. The van der Waals surface area contributed by atoms with Gasteiger partial charge < -0.3 is 14.8 Å². The van der Waals surface area contributed by atoms with Crippen molar-refractivity contribution in [2.45, 2.75) is 32.2 Å². The summed E-state index contributed by atoms with van der Waals surface area (Å²) in [7, 11) is 0. The molecule has 0 aliphatic carbocycles. The Balaban J connectivity index is 1.69. The summed E-state index contributed by atoms with van der Waals surface area (Å²) < 4.78 is 45.9. The van der Waals surface area contributed by atoms with Crippen molar-refractivity contribution in [3.63, 3.8) is 0 Å². The molecule has 3 aromatic rings. The Labute approximate surface area is 193 Å². The molecule has 5 nitrogen and oxygen atoms in total. The molecule has 0 bridgehead atoms. The lowest BCUT2D eigenvalue weighted by molar-refractivity contribution is -0.274. The highest BCUT2D eigenvalue weighted by molar-refractivity contribution is 7.12. The SMILES string of the molecule is CCOC(=O)C[C@H](Cc1ccccc1)NC(=O)c1cc(-c2ccc(OC(F)(F)F)cc2)cs1. The number of ether oxygens (including phenoxy) is 2. The lowest BCUT2D eigenvalue weighted by atomic mass is 10.0. The van der Waals surface area contributed by atoms with Crippen LogP contribution in [0.3, 0.4) is 0 Å². The Bertz CT molecular complexity index is 1070. The molecular weight excluding hydrogens is 455 g/mol. The molecule has 33 heavy (non-hydrogen) atoms. The van der Waals surface area contributed by atoms with E-state index in [1.165, 1.54) is 35.6 Å². The molecule has 2 aromatic carbocycles. The van der Waals surface area contributed by atoms with E-state index >= 15 is 0 Å². The Morgan fingerprint density at radius 1 is 1.03 bits per heavy atom. The average molecular weight is 478 g/mol. The van der Waals surface area contributed by atoms with Crippen LogP contribution in [0.1, 0.15) is 28.6 Å². The van der Waals surface area contributed by atoms with Crippen LogP contribution in [0.15, 0.2) is 66.0 Å². The standard InChI is InChI=1S/C24H22F3NO4S/c1-2-31-22(29)14-19(12-16-6-4-3-5-7-16)28-23(30)21-13-18(15-33-21)17-8-10-20(11-9-17)32-24(25,26)27/h3-11,13,15,19H,2,12,14H2,1H3,(H,28,30)/t19-/m0/s1. The molecule has 0 saturated heterocycles. The molecule has 0 radical (unpaired) electrons. The van der Waals surface area contributed by atoms with E-state index in [-0.39, 0.29) is 24.7 Å². The number of amides is 1. The Morgan fingerprint density at radius 2 is 1.73 bits per heavy atom. The normalized spacial score (nSPS) is 12.1. The van der Waals surface area contributed by atoms with Gasteiger partial charge in [-0.15, -0.1) is 24.5 Å². The summed E-state index contributed by atoms with van der Waals surface area (Å²) in [6.07, 6.45) is -4.26. The lowest BCUT2D eigenvalue weighted by Gasteiger charge is -2.18. The molecule has 1 amide bonds. The van der Waals surface area contributed by atoms with Gasteiger partial charge in [0.05, 0.1) is 17.9 Å². The van der Waals surface area contributed by atoms with Crippen molar-refractivity contribution >= 4 is 23.2 Å². The number of alkyl halides is 3. The third-order valence-corrected chi connectivity index (χ3v) is 5.55. The minimum absolute atomic E-state index is 0.0351. The first-order chi connectivity index (χ1) is 15.7. The maximum absolute atomic E-state index is 12.8. The summed E-state index contributed by atoms with van der Waals surface area (Å²) in [6, 6.07) is 16.1. The zero-order chi connectivity index (χ0) is 23.8. The van der Waals surface area contributed by atoms with Gasteiger partial charge in [-0.3, -0.25) is 9.59 Å². The van der Waals surface area contributed by atoms with E-state index in [2.05, 4.69) is 10.1 Å². The van der Waals surface area contributed by atoms with Crippen molar-refractivity contribution in [1.82, 2.24) is 5.32 Å². The van der Waals surface area contributed by atoms with Gasteiger partial charge in [0.15, 0.2) is 0 Å². The fourth-order valence-corrected chi connectivity index (χ4v) is 4.03. The van der Waals surface area contributed by atoms with Crippen LogP contribution in [0.5, 0.6) is 5.75 Å². The first kappa shape index (κ1) is 24.3. The van der Waals surface area contributed by atoms with Gasteiger partial charge in [0.2, 0.25) is 0 Å². The smallest absolute Gasteiger partial charge is 0.466 e. The molecule has 1 atom stereocenters. The van der Waals surface area contributed by atoms with Crippen LogP contribution >= 0.6 is 11.3 Å². The van der Waals surface area contributed by atoms with Crippen LogP contribution in [0.4, 0.5) is 13.2 Å². The van der Waals surface area contributed by atoms with Crippen molar-refractivity contribution in [2.24, 2.45) is 0 Å². The molecule has 3 rings (SSSR count). The van der Waals surface area contributed by atoms with E-state index in [4.69, 9.17) is 4.74 Å². The number of nitrogens with one attached hydrogen (secondary N) is 1. The van der Waals surface area contributed by atoms with Crippen molar-refractivity contribution < 1.29 is 32.2 Å². The van der Waals surface area contributed by atoms with Crippen molar-refractivity contribution in [2.75, 3.05) is 6.61 Å². The second-order valence-corrected chi connectivity index (χ2v) is 8.05. The Morgan fingerprint density at radius 3 is 2.36 bits per heavy atom. The predicted octanol–water partition coefficient (Wildman–Crippen LogP) is 5.61. The second-order valence-electron chi connectivity index (χ2n) is 7.14. The minimum Gasteiger partial charge on any atom is -0.466 e. The van der Waals surface area contributed by atoms with Crippen molar-refractivity contribution in [1.29, 1.82) is 0 Å². The molecular formula is C24H22F3NO4S. The number of hydrogen-bond donors (Lipinski definition) is 1. The summed E-state index contributed by atoms with van der Waals surface area (Å²) in [6.45, 7) is 1.98. The first-order valence-corrected chi connectivity index (χ1v) is 11.1. The van der Waals surface area contributed by atoms with Crippen molar-refractivity contribution in [3.8, 4) is 16.9 Å². The predicted molar refractivity (Wildman–Crippen MR) is 119 cm³/mol. The molecule has 0 unspecified atom stereocenters. The maximum Gasteiger partial charge on any atom is 0.573 e. The van der Waals surface area contributed by atoms with Gasteiger partial charge in [-0.2, -0.15) is 0 Å². The molecule has 1 aromatic heterocycles. The number of esters is 1. The third kappa shape index (κ3) is 7.64. The van der Waals surface area contributed by atoms with Gasteiger partial charge in [0.1, 0.15) is 5.75 Å². The zero-order valence-electron chi connectivity index (χ0n) is 17.7. The molecule has 0 fully saturated rings. The quantitative estimate of drug-likeness (QED) is 0.407. The van der Waals surface area contributed by atoms with Crippen LogP contribution in [-0.4, -0.2) is 30.9 Å². The Kier molecular flexibility index (Phi) is 8.11. The monoisotopic (exact) mass is 477 g/mol. The van der Waals surface area contributed by atoms with Gasteiger partial charge in [-0.05, 0) is 53.6 Å². The Hall–Kier alpha value is -3.33.